The Morgan fingerprint density at radius 3 is 1.12 bits per heavy atom. The van der Waals surface area contributed by atoms with Gasteiger partial charge in [0.05, 0.1) is 7.11 Å². The SMILES string of the molecule is CCCCCCCOCCCCCCC/C=C\CCCC(=O)O.CCCCCCCOCCCCCCC/C=C\CCCC(=O)OC.[Li+].[OH-]. The summed E-state index contributed by atoms with van der Waals surface area (Å²) in [4.78, 5) is 21.3. The zero-order chi connectivity index (χ0) is 34.7. The molecule has 0 aromatic carbocycles. The topological polar surface area (TPSA) is 112 Å². The van der Waals surface area contributed by atoms with E-state index in [1.165, 1.54) is 136 Å². The van der Waals surface area contributed by atoms with Gasteiger partial charge in [-0.1, -0.05) is 128 Å². The van der Waals surface area contributed by atoms with Crippen LogP contribution in [0.3, 0.4) is 0 Å². The number of hydrogen-bond acceptors (Lipinski definition) is 6. The average molecular weight is 691 g/mol. The van der Waals surface area contributed by atoms with E-state index < -0.39 is 5.97 Å². The Labute approximate surface area is 315 Å². The maximum absolute atomic E-state index is 10.9. The predicted molar refractivity (Wildman–Crippen MR) is 202 cm³/mol. The molecule has 49 heavy (non-hydrogen) atoms. The van der Waals surface area contributed by atoms with Crippen LogP contribution in [0, 0.1) is 0 Å². The molecule has 0 aromatic rings. The third kappa shape index (κ3) is 56.5. The first-order valence-electron chi connectivity index (χ1n) is 19.8. The molecule has 0 aromatic heterocycles. The molecule has 2 N–H and O–H groups in total. The summed E-state index contributed by atoms with van der Waals surface area (Å²) in [5.74, 6) is -0.803. The Balaban J connectivity index is -0.000000397. The van der Waals surface area contributed by atoms with Crippen LogP contribution in [0.15, 0.2) is 24.3 Å². The molecule has 0 saturated heterocycles. The van der Waals surface area contributed by atoms with Gasteiger partial charge in [0.2, 0.25) is 0 Å². The molecule has 0 aliphatic heterocycles. The average Bonchev–Trinajstić information content (AvgIpc) is 3.07. The van der Waals surface area contributed by atoms with Gasteiger partial charge in [0.15, 0.2) is 0 Å². The van der Waals surface area contributed by atoms with Gasteiger partial charge in [0.25, 0.3) is 0 Å². The summed E-state index contributed by atoms with van der Waals surface area (Å²) < 4.78 is 15.9. The van der Waals surface area contributed by atoms with Crippen LogP contribution in [0.1, 0.15) is 194 Å². The van der Waals surface area contributed by atoms with Crippen LogP contribution in [0.25, 0.3) is 0 Å². The number of hydrogen-bond donors (Lipinski definition) is 1. The molecule has 7 nitrogen and oxygen atoms in total. The Hall–Kier alpha value is -1.10. The Kier molecular flexibility index (Phi) is 57.2. The number of ether oxygens (including phenoxy) is 3. The fraction of sp³-hybridized carbons (Fsp3) is 0.854. The molecule has 0 unspecified atom stereocenters. The van der Waals surface area contributed by atoms with Crippen molar-refractivity contribution >= 4 is 11.9 Å². The number of allylic oxidation sites excluding steroid dienone is 4. The number of aliphatic carboxylic acids is 1. The normalized spacial score (nSPS) is 10.8. The molecule has 0 radical (unpaired) electrons. The summed E-state index contributed by atoms with van der Waals surface area (Å²) >= 11 is 0. The first-order chi connectivity index (χ1) is 23.1. The number of unbranched alkanes of at least 4 members (excludes halogenated alkanes) is 20. The molecule has 0 rings (SSSR count). The van der Waals surface area contributed by atoms with Crippen molar-refractivity contribution in [1.82, 2.24) is 0 Å². The molecular weight excluding hydrogens is 611 g/mol. The van der Waals surface area contributed by atoms with Crippen molar-refractivity contribution in [1.29, 1.82) is 0 Å². The Morgan fingerprint density at radius 2 is 0.776 bits per heavy atom. The monoisotopic (exact) mass is 691 g/mol. The minimum atomic E-state index is -0.695. The zero-order valence-corrected chi connectivity index (χ0v) is 32.9. The van der Waals surface area contributed by atoms with Crippen molar-refractivity contribution in [3.05, 3.63) is 24.3 Å². The van der Waals surface area contributed by atoms with Gasteiger partial charge >= 0.3 is 30.8 Å². The molecule has 0 bridgehead atoms. The van der Waals surface area contributed by atoms with Gasteiger partial charge in [0, 0.05) is 39.3 Å². The van der Waals surface area contributed by atoms with E-state index in [0.717, 1.165) is 65.0 Å². The van der Waals surface area contributed by atoms with Gasteiger partial charge in [-0.15, -0.1) is 0 Å². The molecule has 286 valence electrons. The van der Waals surface area contributed by atoms with Crippen LogP contribution in [-0.4, -0.2) is 56.1 Å². The molecule has 0 spiro atoms. The summed E-state index contributed by atoms with van der Waals surface area (Å²) in [5.41, 5.74) is 0. The van der Waals surface area contributed by atoms with Crippen LogP contribution in [0.5, 0.6) is 0 Å². The summed E-state index contributed by atoms with van der Waals surface area (Å²) in [6.45, 7) is 8.25. The number of carboxylic acids is 1. The molecule has 0 heterocycles. The van der Waals surface area contributed by atoms with Crippen LogP contribution < -0.4 is 18.9 Å². The number of carbonyl (C=O) groups is 2. The standard InChI is InChI=1S/C21H40O3.C20H38O3.Li.H2O/c1-3-4-5-13-16-19-24-20-17-14-11-9-7-6-8-10-12-15-18-21(22)23-2;1-2-3-4-12-15-18-23-19-16-13-10-8-6-5-7-9-11-14-17-20(21)22;;/h8,10H,3-7,9,11-20H2,1-2H3;7,9H,2-6,8,10-19H2,1H3,(H,21,22);;1H2/q;;+1;/p-1/b10-8-;9-7-;;. The largest absolute Gasteiger partial charge is 1.00 e. The van der Waals surface area contributed by atoms with Gasteiger partial charge in [0.1, 0.15) is 0 Å². The first-order valence-corrected chi connectivity index (χ1v) is 19.8. The van der Waals surface area contributed by atoms with Crippen LogP contribution in [0.4, 0.5) is 0 Å². The van der Waals surface area contributed by atoms with Gasteiger partial charge in [-0.3, -0.25) is 9.59 Å². The van der Waals surface area contributed by atoms with E-state index in [4.69, 9.17) is 14.6 Å². The number of carbonyl (C=O) groups excluding carboxylic acids is 1. The molecule has 0 aliphatic carbocycles. The molecule has 0 saturated carbocycles. The Morgan fingerprint density at radius 1 is 0.469 bits per heavy atom. The minimum Gasteiger partial charge on any atom is -0.870 e. The van der Waals surface area contributed by atoms with Crippen molar-refractivity contribution in [3.8, 4) is 0 Å². The summed E-state index contributed by atoms with van der Waals surface area (Å²) in [5, 5.41) is 8.52. The van der Waals surface area contributed by atoms with Crippen molar-refractivity contribution in [3.63, 3.8) is 0 Å². The fourth-order valence-corrected chi connectivity index (χ4v) is 5.12. The smallest absolute Gasteiger partial charge is 0.870 e. The maximum atomic E-state index is 10.9. The molecule has 8 heteroatoms. The van der Waals surface area contributed by atoms with Crippen LogP contribution in [0.2, 0.25) is 0 Å². The molecular formula is C41H79LiO7. The number of carboxylic acid groups (broad SMARTS) is 1. The number of esters is 1. The molecule has 0 aliphatic rings. The summed E-state index contributed by atoms with van der Waals surface area (Å²) in [6.07, 6.45) is 41.2. The van der Waals surface area contributed by atoms with Crippen molar-refractivity contribution < 1.29 is 53.2 Å². The second-order valence-corrected chi connectivity index (χ2v) is 12.9. The van der Waals surface area contributed by atoms with E-state index in [0.29, 0.717) is 6.42 Å². The fourth-order valence-electron chi connectivity index (χ4n) is 5.12. The van der Waals surface area contributed by atoms with E-state index >= 15 is 0 Å². The van der Waals surface area contributed by atoms with E-state index in [1.54, 1.807) is 0 Å². The van der Waals surface area contributed by atoms with E-state index in [2.05, 4.69) is 42.9 Å². The van der Waals surface area contributed by atoms with Gasteiger partial charge < -0.3 is 24.8 Å². The quantitative estimate of drug-likeness (QED) is 0.0302. The van der Waals surface area contributed by atoms with Gasteiger partial charge in [-0.05, 0) is 77.0 Å². The van der Waals surface area contributed by atoms with Gasteiger partial charge in [-0.2, -0.15) is 0 Å². The van der Waals surface area contributed by atoms with Crippen molar-refractivity contribution in [2.45, 2.75) is 194 Å². The van der Waals surface area contributed by atoms with E-state index in [9.17, 15) is 9.59 Å². The van der Waals surface area contributed by atoms with Gasteiger partial charge in [-0.25, -0.2) is 0 Å². The van der Waals surface area contributed by atoms with Crippen molar-refractivity contribution in [2.75, 3.05) is 33.5 Å². The molecule has 0 amide bonds. The zero-order valence-electron chi connectivity index (χ0n) is 32.9. The second-order valence-electron chi connectivity index (χ2n) is 12.9. The summed E-state index contributed by atoms with van der Waals surface area (Å²) in [7, 11) is 1.44. The first kappa shape index (κ1) is 54.7. The summed E-state index contributed by atoms with van der Waals surface area (Å²) in [6, 6.07) is 0. The predicted octanol–water partition coefficient (Wildman–Crippen LogP) is 9.17. The second kappa shape index (κ2) is 51.3. The molecule has 0 fully saturated rings. The third-order valence-electron chi connectivity index (χ3n) is 8.18. The number of methoxy groups -OCH3 is 1. The van der Waals surface area contributed by atoms with E-state index in [1.807, 2.05) is 0 Å². The number of rotatable bonds is 36. The van der Waals surface area contributed by atoms with Crippen LogP contribution in [-0.2, 0) is 23.8 Å². The Bertz CT molecular complexity index is 685. The molecule has 0 atom stereocenters. The maximum Gasteiger partial charge on any atom is 1.00 e. The van der Waals surface area contributed by atoms with E-state index in [-0.39, 0.29) is 36.7 Å². The van der Waals surface area contributed by atoms with Crippen LogP contribution >= 0.6 is 0 Å². The van der Waals surface area contributed by atoms with Crippen molar-refractivity contribution in [2.24, 2.45) is 0 Å². The minimum absolute atomic E-state index is 0. The third-order valence-corrected chi connectivity index (χ3v) is 8.18.